The standard InChI is InChI=1S/C104H197N2O19P/c1-11-13-15-17-19-21-23-25-27-33-47-57-67-77-95(112)124-100-97(105-91(108)79-87(73-63-53-43-37-41-51-61-71-85(7)8)120-93(110)75-65-55-45-35-29-31-39-49-59-69-83(3)4)103(115)122-90(99(100)114)82-119-104-98(101(102(126(116,117)118)89(81-107)123-104)125-96(113)78-68-58-48-34-28-26-24-22-20-18-16-14-12-2)106-92(109)80-88(74-64-54-44-38-42-52-62-72-86(9)10)121-94(111)76-66-56-46-36-30-32-40-50-60-70-84(5)6/h83-90,97-104,107,114-115H,11-82H2,1-10H3,(H,105,108)(H,106,109)(H2,116,117,118)/t87-,88-,89?,90?,97+,98+,99-,100?,101?,102-,103?,104-/m1/s1. The summed E-state index contributed by atoms with van der Waals surface area (Å²) >= 11 is 0. The molecule has 0 spiro atoms. The summed E-state index contributed by atoms with van der Waals surface area (Å²) in [6.45, 7) is 20.7. The molecular weight excluding hydrogens is 1610 g/mol. The van der Waals surface area contributed by atoms with Gasteiger partial charge in [0.15, 0.2) is 18.7 Å². The number of esters is 4. The molecule has 2 aliphatic heterocycles. The van der Waals surface area contributed by atoms with E-state index in [0.29, 0.717) is 69.6 Å². The molecule has 22 heteroatoms. The minimum absolute atomic E-state index is 0.0356. The summed E-state index contributed by atoms with van der Waals surface area (Å²) in [5.74, 6) is -0.981. The van der Waals surface area contributed by atoms with Gasteiger partial charge in [-0.05, 0) is 75.0 Å². The third-order valence-corrected chi connectivity index (χ3v) is 27.3. The van der Waals surface area contributed by atoms with Crippen LogP contribution in [0.2, 0.25) is 0 Å². The number of aliphatic hydroxyl groups is 3. The molecule has 0 radical (unpaired) electrons. The van der Waals surface area contributed by atoms with Crippen molar-refractivity contribution in [3.05, 3.63) is 0 Å². The molecule has 0 aromatic carbocycles. The van der Waals surface area contributed by atoms with Crippen LogP contribution in [0.3, 0.4) is 0 Å². The number of unbranched alkanes of at least 4 members (excludes halogenated alkanes) is 52. The van der Waals surface area contributed by atoms with Gasteiger partial charge in [0.05, 0.1) is 26.1 Å². The summed E-state index contributed by atoms with van der Waals surface area (Å²) in [6, 6.07) is -3.28. The van der Waals surface area contributed by atoms with E-state index in [9.17, 15) is 53.6 Å². The summed E-state index contributed by atoms with van der Waals surface area (Å²) in [4.78, 5) is 108. The summed E-state index contributed by atoms with van der Waals surface area (Å²) < 4.78 is 57.5. The highest BCUT2D eigenvalue weighted by Gasteiger charge is 2.57. The molecule has 126 heavy (non-hydrogen) atoms. The van der Waals surface area contributed by atoms with E-state index in [0.717, 1.165) is 172 Å². The van der Waals surface area contributed by atoms with Crippen molar-refractivity contribution in [3.63, 3.8) is 0 Å². The molecule has 0 bridgehead atoms. The highest BCUT2D eigenvalue weighted by atomic mass is 31.2. The lowest BCUT2D eigenvalue weighted by atomic mass is 9.95. The van der Waals surface area contributed by atoms with Crippen molar-refractivity contribution < 1.29 is 91.6 Å². The maximum absolute atomic E-state index is 15.0. The van der Waals surface area contributed by atoms with Gasteiger partial charge in [-0.25, -0.2) is 0 Å². The summed E-state index contributed by atoms with van der Waals surface area (Å²) in [5, 5.41) is 41.5. The third kappa shape index (κ3) is 64.6. The number of carbonyl (C=O) groups is 6. The second-order valence-electron chi connectivity index (χ2n) is 40.0. The van der Waals surface area contributed by atoms with E-state index in [-0.39, 0.29) is 38.5 Å². The quantitative estimate of drug-likeness (QED) is 0.0129. The number of rotatable bonds is 87. The van der Waals surface area contributed by atoms with Crippen LogP contribution in [0.5, 0.6) is 0 Å². The Balaban J connectivity index is 2.61. The van der Waals surface area contributed by atoms with Crippen molar-refractivity contribution in [3.8, 4) is 0 Å². The van der Waals surface area contributed by atoms with Crippen LogP contribution >= 0.6 is 7.60 Å². The fourth-order valence-electron chi connectivity index (χ4n) is 18.0. The maximum Gasteiger partial charge on any atom is 0.335 e. The summed E-state index contributed by atoms with van der Waals surface area (Å²) in [7, 11) is -5.42. The molecule has 742 valence electrons. The maximum atomic E-state index is 15.0. The lowest BCUT2D eigenvalue weighted by molar-refractivity contribution is -0.287. The molecule has 2 fully saturated rings. The van der Waals surface area contributed by atoms with Gasteiger partial charge in [-0.15, -0.1) is 0 Å². The Hall–Kier alpha value is -3.27. The van der Waals surface area contributed by atoms with Gasteiger partial charge in [0.2, 0.25) is 11.8 Å². The smallest absolute Gasteiger partial charge is 0.335 e. The molecule has 7 N–H and O–H groups in total. The monoisotopic (exact) mass is 1810 g/mol. The first-order chi connectivity index (χ1) is 60.8. The minimum atomic E-state index is -5.42. The molecule has 21 nitrogen and oxygen atoms in total. The van der Waals surface area contributed by atoms with Crippen LogP contribution in [0, 0.1) is 23.7 Å². The highest BCUT2D eigenvalue weighted by Crippen LogP contribution is 2.50. The zero-order valence-electron chi connectivity index (χ0n) is 82.5. The van der Waals surface area contributed by atoms with Crippen LogP contribution in [0.25, 0.3) is 0 Å². The first kappa shape index (κ1) is 119. The first-order valence-corrected chi connectivity index (χ1v) is 54.8. The van der Waals surface area contributed by atoms with E-state index in [1.807, 2.05) is 0 Å². The topological polar surface area (TPSA) is 309 Å². The number of carbonyl (C=O) groups excluding carboxylic acids is 6. The Morgan fingerprint density at radius 1 is 0.333 bits per heavy atom. The van der Waals surface area contributed by atoms with Gasteiger partial charge in [0.25, 0.3) is 0 Å². The Morgan fingerprint density at radius 3 is 0.881 bits per heavy atom. The summed E-state index contributed by atoms with van der Waals surface area (Å²) in [6.07, 6.45) is 52.4. The van der Waals surface area contributed by atoms with E-state index in [2.05, 4.69) is 79.9 Å². The van der Waals surface area contributed by atoms with Gasteiger partial charge < -0.3 is 68.9 Å². The molecule has 0 saturated carbocycles. The molecule has 2 aliphatic rings. The van der Waals surface area contributed by atoms with E-state index in [1.54, 1.807) is 0 Å². The largest absolute Gasteiger partial charge is 0.462 e. The van der Waals surface area contributed by atoms with Crippen LogP contribution in [-0.4, -0.2) is 147 Å². The average molecular weight is 1810 g/mol. The fourth-order valence-corrected chi connectivity index (χ4v) is 19.2. The molecule has 0 aliphatic carbocycles. The summed E-state index contributed by atoms with van der Waals surface area (Å²) in [5.41, 5.74) is -2.03. The highest BCUT2D eigenvalue weighted by molar-refractivity contribution is 7.52. The van der Waals surface area contributed by atoms with Crippen LogP contribution < -0.4 is 10.6 Å². The zero-order chi connectivity index (χ0) is 92.5. The van der Waals surface area contributed by atoms with Crippen molar-refractivity contribution in [2.45, 2.75) is 592 Å². The number of hydrogen-bond donors (Lipinski definition) is 7. The molecule has 0 aromatic rings. The van der Waals surface area contributed by atoms with Gasteiger partial charge in [-0.2, -0.15) is 0 Å². The third-order valence-electron chi connectivity index (χ3n) is 25.9. The number of ether oxygens (including phenoxy) is 7. The van der Waals surface area contributed by atoms with E-state index >= 15 is 4.79 Å². The molecule has 2 heterocycles. The molecule has 2 saturated heterocycles. The lowest BCUT2D eigenvalue weighted by Gasteiger charge is -2.46. The van der Waals surface area contributed by atoms with Crippen molar-refractivity contribution in [1.82, 2.24) is 10.6 Å². The van der Waals surface area contributed by atoms with Crippen molar-refractivity contribution >= 4 is 43.3 Å². The minimum Gasteiger partial charge on any atom is -0.462 e. The zero-order valence-corrected chi connectivity index (χ0v) is 83.4. The molecule has 5 unspecified atom stereocenters. The Labute approximate surface area is 770 Å². The predicted octanol–water partition coefficient (Wildman–Crippen LogP) is 25.9. The molecule has 2 amide bonds. The average Bonchev–Trinajstić information content (AvgIpc) is 0.769. The van der Waals surface area contributed by atoms with E-state index in [4.69, 9.17) is 33.2 Å². The molecule has 2 rings (SSSR count). The number of amides is 2. The van der Waals surface area contributed by atoms with Gasteiger partial charge in [-0.3, -0.25) is 33.3 Å². The molecule has 0 aromatic heterocycles. The van der Waals surface area contributed by atoms with Crippen LogP contribution in [0.15, 0.2) is 0 Å². The van der Waals surface area contributed by atoms with Gasteiger partial charge in [0.1, 0.15) is 54.4 Å². The number of hydrogen-bond acceptors (Lipinski definition) is 17. The predicted molar refractivity (Wildman–Crippen MR) is 512 cm³/mol. The number of aliphatic hydroxyl groups excluding tert-OH is 3. The van der Waals surface area contributed by atoms with Gasteiger partial charge >= 0.3 is 31.5 Å². The number of nitrogens with one attached hydrogen (secondary N) is 2. The van der Waals surface area contributed by atoms with Crippen LogP contribution in [0.4, 0.5) is 0 Å². The second kappa shape index (κ2) is 79.1. The SMILES string of the molecule is CCCCCCCCCCCCCCCC(=O)OC1[C@H](O)C(CO[C@@H]2OC(CO)[C@@H](P(=O)(O)O)C(OC(=O)CCCCCCCCCCCCCCC)[C@@H]2NC(=O)C[C@@H](CCCCCCCCCC(C)C)OC(=O)CCCCCCCCCCCC(C)C)OC(O)[C@H]1NC(=O)C[C@@H](CCCCCCCCCC(C)C)OC(=O)CCCCCCCCCCCC(C)C. The van der Waals surface area contributed by atoms with Crippen molar-refractivity contribution in [2.24, 2.45) is 23.7 Å². The van der Waals surface area contributed by atoms with Crippen molar-refractivity contribution in [1.29, 1.82) is 0 Å². The van der Waals surface area contributed by atoms with E-state index in [1.165, 1.54) is 193 Å². The Bertz CT molecular complexity index is 2660. The normalized spacial score (nSPS) is 19.7. The molecular formula is C104H197N2O19P. The fraction of sp³-hybridized carbons (Fsp3) is 0.942. The van der Waals surface area contributed by atoms with Crippen LogP contribution in [0.1, 0.15) is 519 Å². The Morgan fingerprint density at radius 2 is 0.595 bits per heavy atom. The lowest BCUT2D eigenvalue weighted by Crippen LogP contribution is -2.67. The molecule has 12 atom stereocenters. The Kier molecular flexibility index (Phi) is 74.6. The first-order valence-electron chi connectivity index (χ1n) is 53.1. The van der Waals surface area contributed by atoms with Crippen LogP contribution in [-0.2, 0) is 66.5 Å². The van der Waals surface area contributed by atoms with Gasteiger partial charge in [0, 0.05) is 25.7 Å². The van der Waals surface area contributed by atoms with E-state index < -0.39 is 130 Å². The van der Waals surface area contributed by atoms with Crippen molar-refractivity contribution in [2.75, 3.05) is 13.2 Å². The second-order valence-corrected chi connectivity index (χ2v) is 41.8. The van der Waals surface area contributed by atoms with Gasteiger partial charge in [-0.1, -0.05) is 429 Å².